The second kappa shape index (κ2) is 9.84. The number of amides is 3. The molecule has 4 unspecified atom stereocenters. The molecule has 190 valence electrons. The highest BCUT2D eigenvalue weighted by atomic mass is 16.5. The summed E-state index contributed by atoms with van der Waals surface area (Å²) in [4.78, 5) is 49.0. The molecular formula is C25H39N3O6. The van der Waals surface area contributed by atoms with E-state index in [1.54, 1.807) is 0 Å². The summed E-state index contributed by atoms with van der Waals surface area (Å²) in [6.07, 6.45) is 6.77. The lowest BCUT2D eigenvalue weighted by molar-refractivity contribution is -0.175. The Morgan fingerprint density at radius 1 is 1.21 bits per heavy atom. The zero-order chi connectivity index (χ0) is 24.5. The zero-order valence-electron chi connectivity index (χ0n) is 20.3. The van der Waals surface area contributed by atoms with Gasteiger partial charge in [0.05, 0.1) is 18.2 Å². The first kappa shape index (κ1) is 24.9. The van der Waals surface area contributed by atoms with Gasteiger partial charge in [0.1, 0.15) is 12.3 Å². The van der Waals surface area contributed by atoms with Gasteiger partial charge in [-0.3, -0.25) is 9.59 Å². The first-order valence-corrected chi connectivity index (χ1v) is 12.8. The van der Waals surface area contributed by atoms with Crippen LogP contribution in [0, 0.1) is 29.1 Å². The van der Waals surface area contributed by atoms with Crippen LogP contribution in [0.15, 0.2) is 0 Å². The van der Waals surface area contributed by atoms with Crippen LogP contribution in [0.1, 0.15) is 71.6 Å². The van der Waals surface area contributed by atoms with Crippen molar-refractivity contribution in [2.24, 2.45) is 29.1 Å². The van der Waals surface area contributed by atoms with E-state index in [1.165, 1.54) is 0 Å². The average molecular weight is 478 g/mol. The normalized spacial score (nSPS) is 35.5. The fourth-order valence-electron chi connectivity index (χ4n) is 7.28. The fraction of sp³-hybridized carbons (Fsp3) is 0.840. The van der Waals surface area contributed by atoms with Gasteiger partial charge in [0.15, 0.2) is 0 Å². The van der Waals surface area contributed by atoms with Gasteiger partial charge in [-0.15, -0.1) is 0 Å². The minimum atomic E-state index is -0.840. The maximum atomic E-state index is 12.9. The van der Waals surface area contributed by atoms with Gasteiger partial charge < -0.3 is 30.6 Å². The lowest BCUT2D eigenvalue weighted by Gasteiger charge is -2.59. The third kappa shape index (κ3) is 5.73. The zero-order valence-corrected chi connectivity index (χ0v) is 20.3. The standard InChI is InChI=1S/C25H39N3O6/c1-15(2)5-20(22(31)27-19(12-29)7-18-3-4-26-21(18)30)28-23(32)34-14-24-8-16-6-17(9-24)11-25(33,10-16)13-24/h12,15-20,33H,3-11,13-14H2,1-2H3,(H,26,30)(H,27,31)(H,28,32)/t16?,17?,18?,19?,20-,24?,25?/m0/s1. The number of aliphatic hydroxyl groups is 1. The molecule has 1 heterocycles. The molecule has 4 aliphatic carbocycles. The van der Waals surface area contributed by atoms with Crippen LogP contribution >= 0.6 is 0 Å². The van der Waals surface area contributed by atoms with Gasteiger partial charge >= 0.3 is 6.09 Å². The summed E-state index contributed by atoms with van der Waals surface area (Å²) in [6.45, 7) is 4.72. The topological polar surface area (TPSA) is 134 Å². The van der Waals surface area contributed by atoms with Crippen molar-refractivity contribution in [1.82, 2.24) is 16.0 Å². The molecule has 1 aliphatic heterocycles. The third-order valence-electron chi connectivity index (χ3n) is 8.17. The lowest BCUT2D eigenvalue weighted by Crippen LogP contribution is -2.57. The summed E-state index contributed by atoms with van der Waals surface area (Å²) < 4.78 is 5.62. The van der Waals surface area contributed by atoms with E-state index in [0.717, 1.165) is 32.1 Å². The van der Waals surface area contributed by atoms with Crippen LogP contribution in [0.25, 0.3) is 0 Å². The fourth-order valence-corrected chi connectivity index (χ4v) is 7.28. The molecule has 5 fully saturated rings. The number of hydrogen-bond acceptors (Lipinski definition) is 6. The van der Waals surface area contributed by atoms with Crippen molar-refractivity contribution in [1.29, 1.82) is 0 Å². The van der Waals surface area contributed by atoms with Crippen LogP contribution in [0.3, 0.4) is 0 Å². The Morgan fingerprint density at radius 2 is 1.91 bits per heavy atom. The van der Waals surface area contributed by atoms with Gasteiger partial charge in [-0.1, -0.05) is 13.8 Å². The van der Waals surface area contributed by atoms with Crippen LogP contribution in [0.4, 0.5) is 4.79 Å². The van der Waals surface area contributed by atoms with E-state index in [4.69, 9.17) is 4.74 Å². The van der Waals surface area contributed by atoms with Crippen LogP contribution in [-0.2, 0) is 19.1 Å². The van der Waals surface area contributed by atoms with Crippen molar-refractivity contribution in [3.05, 3.63) is 0 Å². The van der Waals surface area contributed by atoms with Crippen molar-refractivity contribution in [3.8, 4) is 0 Å². The Morgan fingerprint density at radius 3 is 2.47 bits per heavy atom. The number of nitrogens with one attached hydrogen (secondary N) is 3. The predicted octanol–water partition coefficient (Wildman–Crippen LogP) is 1.67. The molecule has 0 aromatic heterocycles. The summed E-state index contributed by atoms with van der Waals surface area (Å²) in [5, 5.41) is 19.0. The minimum absolute atomic E-state index is 0.101. The summed E-state index contributed by atoms with van der Waals surface area (Å²) in [7, 11) is 0. The molecular weight excluding hydrogens is 438 g/mol. The largest absolute Gasteiger partial charge is 0.449 e. The Kier molecular flexibility index (Phi) is 7.22. The van der Waals surface area contributed by atoms with E-state index in [0.29, 0.717) is 43.9 Å². The van der Waals surface area contributed by atoms with E-state index in [2.05, 4.69) is 16.0 Å². The van der Waals surface area contributed by atoms with Crippen molar-refractivity contribution < 1.29 is 29.0 Å². The summed E-state index contributed by atoms with van der Waals surface area (Å²) in [6, 6.07) is -1.63. The van der Waals surface area contributed by atoms with Gasteiger partial charge in [-0.05, 0) is 75.5 Å². The highest BCUT2D eigenvalue weighted by molar-refractivity contribution is 5.88. The first-order chi connectivity index (χ1) is 16.1. The number of aldehydes is 1. The number of hydrogen-bond donors (Lipinski definition) is 4. The summed E-state index contributed by atoms with van der Waals surface area (Å²) in [5.41, 5.74) is -0.791. The quantitative estimate of drug-likeness (QED) is 0.354. The maximum Gasteiger partial charge on any atom is 0.407 e. The molecule has 4 bridgehead atoms. The molecule has 5 rings (SSSR count). The van der Waals surface area contributed by atoms with E-state index >= 15 is 0 Å². The van der Waals surface area contributed by atoms with Crippen LogP contribution in [-0.4, -0.2) is 60.1 Å². The molecule has 5 aliphatic rings. The molecule has 0 spiro atoms. The Balaban J connectivity index is 1.31. The molecule has 0 aromatic rings. The molecule has 9 nitrogen and oxygen atoms in total. The van der Waals surface area contributed by atoms with Gasteiger partial charge in [-0.25, -0.2) is 4.79 Å². The van der Waals surface area contributed by atoms with Crippen LogP contribution < -0.4 is 16.0 Å². The average Bonchev–Trinajstić information content (AvgIpc) is 3.13. The summed E-state index contributed by atoms with van der Waals surface area (Å²) in [5.74, 6) is 0.274. The molecule has 4 N–H and O–H groups in total. The Labute approximate surface area is 201 Å². The second-order valence-corrected chi connectivity index (χ2v) is 11.9. The Bertz CT molecular complexity index is 800. The van der Waals surface area contributed by atoms with Crippen molar-refractivity contribution >= 4 is 24.2 Å². The van der Waals surface area contributed by atoms with Crippen molar-refractivity contribution in [3.63, 3.8) is 0 Å². The number of carbonyl (C=O) groups excluding carboxylic acids is 4. The van der Waals surface area contributed by atoms with Gasteiger partial charge in [-0.2, -0.15) is 0 Å². The molecule has 5 atom stereocenters. The highest BCUT2D eigenvalue weighted by Crippen LogP contribution is 2.61. The molecule has 1 saturated heterocycles. The maximum absolute atomic E-state index is 12.9. The number of carbonyl (C=O) groups is 4. The highest BCUT2D eigenvalue weighted by Gasteiger charge is 2.57. The summed E-state index contributed by atoms with van der Waals surface area (Å²) >= 11 is 0. The molecule has 3 amide bonds. The Hall–Kier alpha value is -2.16. The molecule has 34 heavy (non-hydrogen) atoms. The number of alkyl carbamates (subject to hydrolysis) is 1. The van der Waals surface area contributed by atoms with E-state index in [-0.39, 0.29) is 36.2 Å². The van der Waals surface area contributed by atoms with E-state index in [1.807, 2.05) is 13.8 Å². The van der Waals surface area contributed by atoms with Gasteiger partial charge in [0.2, 0.25) is 11.8 Å². The van der Waals surface area contributed by atoms with Crippen LogP contribution in [0.2, 0.25) is 0 Å². The van der Waals surface area contributed by atoms with Gasteiger partial charge in [0, 0.05) is 17.9 Å². The van der Waals surface area contributed by atoms with E-state index in [9.17, 15) is 24.3 Å². The van der Waals surface area contributed by atoms with Crippen LogP contribution in [0.5, 0.6) is 0 Å². The monoisotopic (exact) mass is 477 g/mol. The predicted molar refractivity (Wildman–Crippen MR) is 124 cm³/mol. The third-order valence-corrected chi connectivity index (χ3v) is 8.17. The lowest BCUT2D eigenvalue weighted by atomic mass is 9.48. The smallest absolute Gasteiger partial charge is 0.407 e. The first-order valence-electron chi connectivity index (χ1n) is 12.8. The second-order valence-electron chi connectivity index (χ2n) is 11.9. The number of rotatable bonds is 10. The number of ether oxygens (including phenoxy) is 1. The van der Waals surface area contributed by atoms with Crippen molar-refractivity contribution in [2.75, 3.05) is 13.2 Å². The van der Waals surface area contributed by atoms with Gasteiger partial charge in [0.25, 0.3) is 0 Å². The molecule has 0 aromatic carbocycles. The minimum Gasteiger partial charge on any atom is -0.449 e. The molecule has 0 radical (unpaired) electrons. The molecule has 4 saturated carbocycles. The van der Waals surface area contributed by atoms with Crippen molar-refractivity contribution in [2.45, 2.75) is 89.3 Å². The van der Waals surface area contributed by atoms with E-state index < -0.39 is 29.7 Å². The molecule has 9 heteroatoms. The SMILES string of the molecule is CC(C)C[C@H](NC(=O)OCC12CC3CC(CC(O)(C3)C1)C2)C(=O)NC(C=O)CC1CCNC1=O.